The van der Waals surface area contributed by atoms with Crippen molar-refractivity contribution in [2.24, 2.45) is 0 Å². The molecule has 5 rings (SSSR count). The van der Waals surface area contributed by atoms with Crippen LogP contribution in [-0.2, 0) is 13.0 Å². The fraction of sp³-hybridized carbons (Fsp3) is 0.276. The van der Waals surface area contributed by atoms with Crippen molar-refractivity contribution in [2.45, 2.75) is 19.9 Å². The summed E-state index contributed by atoms with van der Waals surface area (Å²) in [5.74, 6) is 3.32. The molecule has 0 aliphatic carbocycles. The monoisotopic (exact) mass is 487 g/mol. The molecular weight excluding hydrogens is 458 g/mol. The summed E-state index contributed by atoms with van der Waals surface area (Å²) in [6.45, 7) is 3.69. The quantitative estimate of drug-likeness (QED) is 0.355. The van der Waals surface area contributed by atoms with Gasteiger partial charge in [-0.25, -0.2) is 0 Å². The molecule has 0 saturated carbocycles. The van der Waals surface area contributed by atoms with Gasteiger partial charge in [-0.1, -0.05) is 24.3 Å². The van der Waals surface area contributed by atoms with Crippen molar-refractivity contribution < 1.29 is 23.4 Å². The average molecular weight is 488 g/mol. The maximum atomic E-state index is 13.7. The van der Waals surface area contributed by atoms with Gasteiger partial charge < -0.3 is 23.4 Å². The summed E-state index contributed by atoms with van der Waals surface area (Å²) in [7, 11) is 4.84. The minimum Gasteiger partial charge on any atom is -0.496 e. The summed E-state index contributed by atoms with van der Waals surface area (Å²) in [5, 5.41) is 0.527. The molecule has 7 nitrogen and oxygen atoms in total. The van der Waals surface area contributed by atoms with E-state index in [0.717, 1.165) is 35.6 Å². The summed E-state index contributed by atoms with van der Waals surface area (Å²) >= 11 is 0. The minimum absolute atomic E-state index is 0.0880. The number of hydrogen-bond donors (Lipinski definition) is 0. The van der Waals surface area contributed by atoms with E-state index in [1.165, 1.54) is 0 Å². The first-order valence-electron chi connectivity index (χ1n) is 11.8. The van der Waals surface area contributed by atoms with Crippen LogP contribution in [0.15, 0.2) is 63.8 Å². The van der Waals surface area contributed by atoms with E-state index < -0.39 is 0 Å². The van der Waals surface area contributed by atoms with Gasteiger partial charge in [-0.3, -0.25) is 9.69 Å². The first-order valence-corrected chi connectivity index (χ1v) is 11.8. The molecule has 2 heterocycles. The van der Waals surface area contributed by atoms with Crippen LogP contribution in [0.1, 0.15) is 16.9 Å². The molecule has 186 valence electrons. The summed E-state index contributed by atoms with van der Waals surface area (Å²) in [5.41, 5.74) is 3.74. The number of nitrogens with zero attached hydrogens (tertiary/aromatic N) is 1. The number of ether oxygens (including phenoxy) is 4. The number of fused-ring (bicyclic) bond motifs is 3. The van der Waals surface area contributed by atoms with Crippen molar-refractivity contribution in [3.63, 3.8) is 0 Å². The van der Waals surface area contributed by atoms with Crippen LogP contribution >= 0.6 is 0 Å². The van der Waals surface area contributed by atoms with Crippen molar-refractivity contribution in [3.8, 4) is 34.1 Å². The third-order valence-corrected chi connectivity index (χ3v) is 6.64. The van der Waals surface area contributed by atoms with Crippen molar-refractivity contribution >= 4 is 11.0 Å². The molecule has 0 unspecified atom stereocenters. The van der Waals surface area contributed by atoms with Gasteiger partial charge in [-0.2, -0.15) is 0 Å². The number of aryl methyl sites for hydroxylation is 1. The number of hydrogen-bond acceptors (Lipinski definition) is 7. The SMILES string of the molecule is COc1ccccc1CCN1COc2ccc3c(=O)c(-c4ccc(OC)c(OC)c4)c(C)oc3c2C1. The van der Waals surface area contributed by atoms with Gasteiger partial charge in [0.05, 0.1) is 37.8 Å². The fourth-order valence-electron chi connectivity index (χ4n) is 4.78. The zero-order chi connectivity index (χ0) is 25.2. The van der Waals surface area contributed by atoms with Crippen LogP contribution in [0.4, 0.5) is 0 Å². The Kier molecular flexibility index (Phi) is 6.57. The topological polar surface area (TPSA) is 70.4 Å². The van der Waals surface area contributed by atoms with Crippen molar-refractivity contribution in [1.82, 2.24) is 4.90 Å². The van der Waals surface area contributed by atoms with Crippen molar-refractivity contribution in [3.05, 3.63) is 81.7 Å². The highest BCUT2D eigenvalue weighted by Gasteiger charge is 2.24. The normalized spacial score (nSPS) is 13.2. The molecule has 1 aliphatic heterocycles. The predicted octanol–water partition coefficient (Wildman–Crippen LogP) is 5.19. The molecule has 0 atom stereocenters. The van der Waals surface area contributed by atoms with Crippen LogP contribution in [0.25, 0.3) is 22.1 Å². The molecular formula is C29H29NO6. The van der Waals surface area contributed by atoms with Crippen LogP contribution < -0.4 is 24.4 Å². The third-order valence-electron chi connectivity index (χ3n) is 6.64. The summed E-state index contributed by atoms with van der Waals surface area (Å²) < 4.78 is 28.6. The lowest BCUT2D eigenvalue weighted by Crippen LogP contribution is -2.34. The van der Waals surface area contributed by atoms with E-state index in [1.54, 1.807) is 39.5 Å². The standard InChI is InChI=1S/C29H29NO6/c1-18-27(20-9-11-25(33-3)26(15-20)34-4)28(31)21-10-12-24-22(29(21)36-18)16-30(17-35-24)14-13-19-7-5-6-8-23(19)32-2/h5-12,15H,13-14,16-17H2,1-4H3. The lowest BCUT2D eigenvalue weighted by molar-refractivity contribution is 0.0966. The van der Waals surface area contributed by atoms with Gasteiger partial charge >= 0.3 is 0 Å². The highest BCUT2D eigenvalue weighted by molar-refractivity contribution is 5.87. The van der Waals surface area contributed by atoms with Crippen LogP contribution in [0.2, 0.25) is 0 Å². The number of para-hydroxylation sites is 1. The van der Waals surface area contributed by atoms with Crippen molar-refractivity contribution in [2.75, 3.05) is 34.6 Å². The lowest BCUT2D eigenvalue weighted by Gasteiger charge is -2.29. The van der Waals surface area contributed by atoms with Gasteiger partial charge in [0.25, 0.3) is 0 Å². The molecule has 0 bridgehead atoms. The Balaban J connectivity index is 1.48. The Morgan fingerprint density at radius 1 is 0.917 bits per heavy atom. The first kappa shape index (κ1) is 23.8. The lowest BCUT2D eigenvalue weighted by atomic mass is 10.00. The Bertz CT molecular complexity index is 1480. The van der Waals surface area contributed by atoms with Crippen molar-refractivity contribution in [1.29, 1.82) is 0 Å². The summed E-state index contributed by atoms with van der Waals surface area (Å²) in [4.78, 5) is 15.9. The van der Waals surface area contributed by atoms with E-state index in [9.17, 15) is 4.79 Å². The summed E-state index contributed by atoms with van der Waals surface area (Å²) in [6.07, 6.45) is 0.819. The highest BCUT2D eigenvalue weighted by atomic mass is 16.5. The van der Waals surface area contributed by atoms with Gasteiger partial charge in [-0.05, 0) is 54.8 Å². The van der Waals surface area contributed by atoms with Gasteiger partial charge in [-0.15, -0.1) is 0 Å². The Morgan fingerprint density at radius 3 is 2.47 bits per heavy atom. The van der Waals surface area contributed by atoms with Crippen LogP contribution in [0.3, 0.4) is 0 Å². The maximum absolute atomic E-state index is 13.7. The van der Waals surface area contributed by atoms with Gasteiger partial charge in [0, 0.05) is 13.1 Å². The highest BCUT2D eigenvalue weighted by Crippen LogP contribution is 2.36. The van der Waals surface area contributed by atoms with Crippen LogP contribution in [0, 0.1) is 6.92 Å². The van der Waals surface area contributed by atoms with Gasteiger partial charge in [0.15, 0.2) is 11.5 Å². The van der Waals surface area contributed by atoms with Crippen LogP contribution in [-0.4, -0.2) is 39.5 Å². The maximum Gasteiger partial charge on any atom is 0.200 e. The molecule has 0 radical (unpaired) electrons. The second-order valence-electron chi connectivity index (χ2n) is 8.74. The van der Waals surface area contributed by atoms with Gasteiger partial charge in [0.1, 0.15) is 29.6 Å². The first-order chi connectivity index (χ1) is 17.5. The van der Waals surface area contributed by atoms with E-state index in [0.29, 0.717) is 52.6 Å². The average Bonchev–Trinajstić information content (AvgIpc) is 2.91. The van der Waals surface area contributed by atoms with Crippen LogP contribution in [0.5, 0.6) is 23.0 Å². The van der Waals surface area contributed by atoms with E-state index >= 15 is 0 Å². The molecule has 0 fully saturated rings. The van der Waals surface area contributed by atoms with E-state index in [-0.39, 0.29) is 5.43 Å². The molecule has 4 aromatic rings. The second-order valence-corrected chi connectivity index (χ2v) is 8.74. The molecule has 1 aliphatic rings. The molecule has 36 heavy (non-hydrogen) atoms. The zero-order valence-electron chi connectivity index (χ0n) is 20.9. The Morgan fingerprint density at radius 2 is 1.69 bits per heavy atom. The molecule has 1 aromatic heterocycles. The number of benzene rings is 3. The Hall–Kier alpha value is -3.97. The summed E-state index contributed by atoms with van der Waals surface area (Å²) in [6, 6.07) is 17.1. The molecule has 0 amide bonds. The number of methoxy groups -OCH3 is 3. The van der Waals surface area contributed by atoms with Gasteiger partial charge in [0.2, 0.25) is 5.43 Å². The molecule has 3 aromatic carbocycles. The zero-order valence-corrected chi connectivity index (χ0v) is 20.9. The smallest absolute Gasteiger partial charge is 0.200 e. The van der Waals surface area contributed by atoms with E-state index in [4.69, 9.17) is 23.4 Å². The minimum atomic E-state index is -0.0880. The number of rotatable bonds is 7. The Labute approximate surface area is 209 Å². The van der Waals surface area contributed by atoms with E-state index in [2.05, 4.69) is 11.0 Å². The molecule has 7 heteroatoms. The molecule has 0 N–H and O–H groups in total. The molecule has 0 saturated heterocycles. The third kappa shape index (κ3) is 4.27. The van der Waals surface area contributed by atoms with E-state index in [1.807, 2.05) is 37.3 Å². The predicted molar refractivity (Wildman–Crippen MR) is 138 cm³/mol. The molecule has 0 spiro atoms. The fourth-order valence-corrected chi connectivity index (χ4v) is 4.78. The second kappa shape index (κ2) is 9.95. The largest absolute Gasteiger partial charge is 0.496 e.